The number of sulfonamides is 1. The molecule has 3 N–H and O–H groups in total. The fourth-order valence-electron chi connectivity index (χ4n) is 2.23. The Labute approximate surface area is 139 Å². The average Bonchev–Trinajstić information content (AvgIpc) is 3.09. The maximum atomic E-state index is 12.5. The zero-order valence-electron chi connectivity index (χ0n) is 12.5. The molecule has 6 nitrogen and oxygen atoms in total. The number of hydrogen-bond acceptors (Lipinski definition) is 4. The number of amides is 1. The maximum Gasteiger partial charge on any atom is 0.261 e. The SMILES string of the molecule is NC(=O)c1ccc(-c2ccco2)c(NS(=O)(=O)c2ccccc2)c1. The van der Waals surface area contributed by atoms with E-state index >= 15 is 0 Å². The van der Waals surface area contributed by atoms with Crippen LogP contribution in [0, 0.1) is 0 Å². The number of nitrogens with two attached hydrogens (primary N) is 1. The van der Waals surface area contributed by atoms with Crippen LogP contribution in [-0.4, -0.2) is 14.3 Å². The van der Waals surface area contributed by atoms with Gasteiger partial charge in [-0.2, -0.15) is 0 Å². The summed E-state index contributed by atoms with van der Waals surface area (Å²) in [6, 6.07) is 15.8. The molecule has 1 aromatic heterocycles. The van der Waals surface area contributed by atoms with E-state index in [4.69, 9.17) is 10.2 Å². The Morgan fingerprint density at radius 1 is 1.00 bits per heavy atom. The molecule has 1 amide bonds. The normalized spacial score (nSPS) is 11.2. The standard InChI is InChI=1S/C17H14N2O4S/c18-17(20)12-8-9-14(16-7-4-10-23-16)15(11-12)19-24(21,22)13-5-2-1-3-6-13/h1-11,19H,(H2,18,20). The molecular weight excluding hydrogens is 328 g/mol. The average molecular weight is 342 g/mol. The second-order valence-corrected chi connectivity index (χ2v) is 6.70. The van der Waals surface area contributed by atoms with Crippen LogP contribution in [-0.2, 0) is 10.0 Å². The van der Waals surface area contributed by atoms with Crippen LogP contribution in [0.5, 0.6) is 0 Å². The van der Waals surface area contributed by atoms with E-state index in [1.165, 1.54) is 30.5 Å². The third-order valence-electron chi connectivity index (χ3n) is 3.39. The predicted molar refractivity (Wildman–Crippen MR) is 89.9 cm³/mol. The Morgan fingerprint density at radius 3 is 2.38 bits per heavy atom. The van der Waals surface area contributed by atoms with E-state index < -0.39 is 15.9 Å². The van der Waals surface area contributed by atoms with E-state index in [0.29, 0.717) is 11.3 Å². The molecule has 0 atom stereocenters. The quantitative estimate of drug-likeness (QED) is 0.744. The van der Waals surface area contributed by atoms with Gasteiger partial charge in [-0.3, -0.25) is 9.52 Å². The molecule has 0 spiro atoms. The summed E-state index contributed by atoms with van der Waals surface area (Å²) < 4.78 is 32.9. The first-order valence-electron chi connectivity index (χ1n) is 7.03. The number of rotatable bonds is 5. The second-order valence-electron chi connectivity index (χ2n) is 5.02. The van der Waals surface area contributed by atoms with Crippen molar-refractivity contribution < 1.29 is 17.6 Å². The summed E-state index contributed by atoms with van der Waals surface area (Å²) in [5.41, 5.74) is 6.19. The molecule has 0 aliphatic rings. The van der Waals surface area contributed by atoms with Gasteiger partial charge in [-0.15, -0.1) is 0 Å². The van der Waals surface area contributed by atoms with E-state index in [1.54, 1.807) is 36.4 Å². The first-order valence-corrected chi connectivity index (χ1v) is 8.51. The van der Waals surface area contributed by atoms with Gasteiger partial charge in [0.05, 0.1) is 16.8 Å². The molecule has 0 aliphatic carbocycles. The van der Waals surface area contributed by atoms with Crippen LogP contribution in [0.25, 0.3) is 11.3 Å². The van der Waals surface area contributed by atoms with Crippen molar-refractivity contribution in [2.24, 2.45) is 5.73 Å². The van der Waals surface area contributed by atoms with Crippen LogP contribution in [0.4, 0.5) is 5.69 Å². The van der Waals surface area contributed by atoms with E-state index in [2.05, 4.69) is 4.72 Å². The first kappa shape index (κ1) is 15.8. The van der Waals surface area contributed by atoms with Crippen molar-refractivity contribution in [2.45, 2.75) is 4.90 Å². The largest absolute Gasteiger partial charge is 0.464 e. The molecule has 0 fully saturated rings. The second kappa shape index (κ2) is 6.21. The van der Waals surface area contributed by atoms with Gasteiger partial charge in [0.15, 0.2) is 0 Å². The van der Waals surface area contributed by atoms with E-state index in [0.717, 1.165) is 0 Å². The lowest BCUT2D eigenvalue weighted by molar-refractivity contribution is 0.100. The number of nitrogens with one attached hydrogen (secondary N) is 1. The van der Waals surface area contributed by atoms with Crippen molar-refractivity contribution in [2.75, 3.05) is 4.72 Å². The summed E-state index contributed by atoms with van der Waals surface area (Å²) in [6.45, 7) is 0. The highest BCUT2D eigenvalue weighted by Gasteiger charge is 2.18. The molecule has 1 heterocycles. The monoisotopic (exact) mass is 342 g/mol. The van der Waals surface area contributed by atoms with E-state index in [9.17, 15) is 13.2 Å². The van der Waals surface area contributed by atoms with Crippen LogP contribution < -0.4 is 10.5 Å². The molecule has 0 saturated carbocycles. The summed E-state index contributed by atoms with van der Waals surface area (Å²) in [5.74, 6) is -0.182. The van der Waals surface area contributed by atoms with Crippen LogP contribution >= 0.6 is 0 Å². The molecule has 0 bridgehead atoms. The van der Waals surface area contributed by atoms with Gasteiger partial charge in [0.25, 0.3) is 10.0 Å². The summed E-state index contributed by atoms with van der Waals surface area (Å²) in [6.07, 6.45) is 1.48. The smallest absolute Gasteiger partial charge is 0.261 e. The number of furan rings is 1. The Balaban J connectivity index is 2.08. The molecule has 0 unspecified atom stereocenters. The van der Waals surface area contributed by atoms with Crippen molar-refractivity contribution in [3.8, 4) is 11.3 Å². The van der Waals surface area contributed by atoms with Crippen molar-refractivity contribution in [1.82, 2.24) is 0 Å². The van der Waals surface area contributed by atoms with Crippen LogP contribution in [0.2, 0.25) is 0 Å². The molecule has 3 aromatic rings. The summed E-state index contributed by atoms with van der Waals surface area (Å²) in [5, 5.41) is 0. The molecule has 7 heteroatoms. The van der Waals surface area contributed by atoms with Gasteiger partial charge >= 0.3 is 0 Å². The van der Waals surface area contributed by atoms with Gasteiger partial charge in [0.2, 0.25) is 5.91 Å². The van der Waals surface area contributed by atoms with Crippen molar-refractivity contribution in [3.63, 3.8) is 0 Å². The fraction of sp³-hybridized carbons (Fsp3) is 0. The Morgan fingerprint density at radius 2 is 1.75 bits per heavy atom. The van der Waals surface area contributed by atoms with Crippen molar-refractivity contribution in [1.29, 1.82) is 0 Å². The summed E-state index contributed by atoms with van der Waals surface area (Å²) >= 11 is 0. The minimum absolute atomic E-state index is 0.111. The van der Waals surface area contributed by atoms with Crippen molar-refractivity contribution in [3.05, 3.63) is 72.5 Å². The van der Waals surface area contributed by atoms with Crippen LogP contribution in [0.3, 0.4) is 0 Å². The Kier molecular flexibility index (Phi) is 4.09. The predicted octanol–water partition coefficient (Wildman–Crippen LogP) is 2.85. The molecule has 0 radical (unpaired) electrons. The number of primary amides is 1. The van der Waals surface area contributed by atoms with Crippen LogP contribution in [0.1, 0.15) is 10.4 Å². The highest BCUT2D eigenvalue weighted by molar-refractivity contribution is 7.92. The molecule has 122 valence electrons. The number of carbonyl (C=O) groups is 1. The Hall–Kier alpha value is -3.06. The lowest BCUT2D eigenvalue weighted by atomic mass is 10.1. The van der Waals surface area contributed by atoms with E-state index in [-0.39, 0.29) is 16.1 Å². The van der Waals surface area contributed by atoms with Crippen LogP contribution in [0.15, 0.2) is 76.2 Å². The molecule has 0 aliphatic heterocycles. The highest BCUT2D eigenvalue weighted by Crippen LogP contribution is 2.31. The third-order valence-corrected chi connectivity index (χ3v) is 4.77. The summed E-state index contributed by atoms with van der Waals surface area (Å²) in [7, 11) is -3.81. The van der Waals surface area contributed by atoms with Gasteiger partial charge in [0.1, 0.15) is 5.76 Å². The number of benzene rings is 2. The van der Waals surface area contributed by atoms with E-state index in [1.807, 2.05) is 0 Å². The maximum absolute atomic E-state index is 12.5. The molecule has 24 heavy (non-hydrogen) atoms. The van der Waals surface area contributed by atoms with Gasteiger partial charge < -0.3 is 10.2 Å². The number of hydrogen-bond donors (Lipinski definition) is 2. The van der Waals surface area contributed by atoms with Gasteiger partial charge in [-0.1, -0.05) is 18.2 Å². The molecule has 2 aromatic carbocycles. The lowest BCUT2D eigenvalue weighted by Gasteiger charge is -2.12. The number of carbonyl (C=O) groups excluding carboxylic acids is 1. The molecule has 3 rings (SSSR count). The topological polar surface area (TPSA) is 102 Å². The minimum atomic E-state index is -3.81. The van der Waals surface area contributed by atoms with Crippen molar-refractivity contribution >= 4 is 21.6 Å². The minimum Gasteiger partial charge on any atom is -0.464 e. The Bertz CT molecular complexity index is 965. The van der Waals surface area contributed by atoms with Gasteiger partial charge in [-0.05, 0) is 42.5 Å². The first-order chi connectivity index (χ1) is 11.5. The zero-order chi connectivity index (χ0) is 17.2. The molecular formula is C17H14N2O4S. The summed E-state index contributed by atoms with van der Waals surface area (Å²) in [4.78, 5) is 11.5. The molecule has 0 saturated heterocycles. The third kappa shape index (κ3) is 3.16. The zero-order valence-corrected chi connectivity index (χ0v) is 13.3. The lowest BCUT2D eigenvalue weighted by Crippen LogP contribution is -2.15. The highest BCUT2D eigenvalue weighted by atomic mass is 32.2. The fourth-order valence-corrected chi connectivity index (χ4v) is 3.32. The van der Waals surface area contributed by atoms with Gasteiger partial charge in [-0.25, -0.2) is 8.42 Å². The van der Waals surface area contributed by atoms with Gasteiger partial charge in [0, 0.05) is 11.1 Å². The number of anilines is 1.